The summed E-state index contributed by atoms with van der Waals surface area (Å²) in [6.07, 6.45) is 0.298. The topological polar surface area (TPSA) is 65.7 Å². The van der Waals surface area contributed by atoms with Crippen LogP contribution in [0.25, 0.3) is 0 Å². The van der Waals surface area contributed by atoms with E-state index in [1.807, 2.05) is 38.4 Å². The lowest BCUT2D eigenvalue weighted by Gasteiger charge is -2.33. The van der Waals surface area contributed by atoms with E-state index in [0.717, 1.165) is 0 Å². The normalized spacial score (nSPS) is 13.5. The van der Waals surface area contributed by atoms with Crippen molar-refractivity contribution in [3.63, 3.8) is 0 Å². The molecule has 1 atom stereocenters. The maximum atomic E-state index is 8.77. The Balaban J connectivity index is 4.27. The van der Waals surface area contributed by atoms with Crippen LogP contribution < -0.4 is 0 Å². The van der Waals surface area contributed by atoms with Gasteiger partial charge in [0.1, 0.15) is 0 Å². The summed E-state index contributed by atoms with van der Waals surface area (Å²) in [7, 11) is -1.47. The smallest absolute Gasteiger partial charge is 0.292 e. The highest BCUT2D eigenvalue weighted by Crippen LogP contribution is 2.44. The van der Waals surface area contributed by atoms with Gasteiger partial charge in [-0.15, -0.1) is 0 Å². The van der Waals surface area contributed by atoms with E-state index in [0.29, 0.717) is 6.42 Å². The molecule has 0 aliphatic carbocycles. The minimum Gasteiger partial charge on any atom is -0.319 e. The molecular weight excluding hydrogens is 215 g/mol. The first-order valence-electron chi connectivity index (χ1n) is 4.94. The van der Waals surface area contributed by atoms with E-state index in [2.05, 4.69) is 4.67 Å². The van der Waals surface area contributed by atoms with E-state index in [1.54, 1.807) is 0 Å². The maximum Gasteiger partial charge on any atom is 0.292 e. The summed E-state index contributed by atoms with van der Waals surface area (Å²) >= 11 is 0. The highest BCUT2D eigenvalue weighted by atomic mass is 31.2. The minimum atomic E-state index is -1.47. The van der Waals surface area contributed by atoms with Crippen LogP contribution in [-0.2, 0) is 9.20 Å². The van der Waals surface area contributed by atoms with Crippen molar-refractivity contribution in [2.75, 3.05) is 6.61 Å². The number of rotatable bonds is 7. The van der Waals surface area contributed by atoms with Crippen LogP contribution in [0.4, 0.5) is 0 Å². The summed E-state index contributed by atoms with van der Waals surface area (Å²) in [4.78, 5) is 0. The van der Waals surface area contributed by atoms with Gasteiger partial charge in [0.2, 0.25) is 0 Å². The molecule has 15 heavy (non-hydrogen) atoms. The largest absolute Gasteiger partial charge is 0.319 e. The van der Waals surface area contributed by atoms with Crippen molar-refractivity contribution in [1.82, 2.24) is 4.67 Å². The fourth-order valence-electron chi connectivity index (χ4n) is 1.28. The average molecular weight is 234 g/mol. The first-order valence-corrected chi connectivity index (χ1v) is 6.07. The second-order valence-corrected chi connectivity index (χ2v) is 4.99. The first kappa shape index (κ1) is 14.8. The number of nitriles is 1. The zero-order valence-corrected chi connectivity index (χ0v) is 10.6. The van der Waals surface area contributed by atoms with Crippen molar-refractivity contribution < 1.29 is 14.5 Å². The van der Waals surface area contributed by atoms with Gasteiger partial charge in [-0.25, -0.2) is 9.93 Å². The molecule has 0 saturated carbocycles. The summed E-state index contributed by atoms with van der Waals surface area (Å²) in [6, 6.07) is 2.40. The second kappa shape index (κ2) is 7.98. The molecule has 1 N–H and O–H groups in total. The molecule has 0 amide bonds. The molecule has 0 heterocycles. The summed E-state index contributed by atoms with van der Waals surface area (Å²) in [6.45, 7) is 8.28. The molecule has 0 aromatic rings. The molecule has 0 radical (unpaired) electrons. The van der Waals surface area contributed by atoms with Crippen molar-refractivity contribution in [3.8, 4) is 6.07 Å². The highest BCUT2D eigenvalue weighted by molar-refractivity contribution is 7.44. The van der Waals surface area contributed by atoms with Crippen LogP contribution in [0.3, 0.4) is 0 Å². The summed E-state index contributed by atoms with van der Waals surface area (Å²) in [5.74, 6) is 0. The lowest BCUT2D eigenvalue weighted by Crippen LogP contribution is -2.33. The van der Waals surface area contributed by atoms with Gasteiger partial charge in [0.05, 0.1) is 19.1 Å². The van der Waals surface area contributed by atoms with Crippen LogP contribution in [0.1, 0.15) is 34.1 Å². The molecule has 0 aromatic carbocycles. The molecule has 0 aliphatic heterocycles. The second-order valence-electron chi connectivity index (χ2n) is 3.63. The zero-order valence-electron chi connectivity index (χ0n) is 9.67. The lowest BCUT2D eigenvalue weighted by atomic mass is 10.3. The Hall–Kier alpha value is -0.240. The Morgan fingerprint density at radius 2 is 1.87 bits per heavy atom. The molecule has 0 rings (SSSR count). The fraction of sp³-hybridized carbons (Fsp3) is 0.889. The number of hydrogen-bond donors (Lipinski definition) is 1. The molecule has 0 bridgehead atoms. The summed E-state index contributed by atoms with van der Waals surface area (Å²) in [5.41, 5.74) is 0. The van der Waals surface area contributed by atoms with Gasteiger partial charge >= 0.3 is 0 Å². The predicted molar refractivity (Wildman–Crippen MR) is 58.9 cm³/mol. The minimum absolute atomic E-state index is 0.213. The molecular formula is C9H19N2O3P. The highest BCUT2D eigenvalue weighted by Gasteiger charge is 2.27. The van der Waals surface area contributed by atoms with Crippen molar-refractivity contribution in [2.45, 2.75) is 46.2 Å². The van der Waals surface area contributed by atoms with Gasteiger partial charge < -0.3 is 4.52 Å². The van der Waals surface area contributed by atoms with E-state index >= 15 is 0 Å². The molecule has 1 unspecified atom stereocenters. The van der Waals surface area contributed by atoms with Crippen LogP contribution in [0.2, 0.25) is 0 Å². The van der Waals surface area contributed by atoms with Crippen LogP contribution in [0.5, 0.6) is 0 Å². The van der Waals surface area contributed by atoms with Gasteiger partial charge in [0.15, 0.2) is 0 Å². The molecule has 0 spiro atoms. The van der Waals surface area contributed by atoms with E-state index in [1.165, 1.54) is 0 Å². The third-order valence-corrected chi connectivity index (χ3v) is 3.58. The zero-order chi connectivity index (χ0) is 11.8. The predicted octanol–water partition coefficient (Wildman–Crippen LogP) is 2.75. The summed E-state index contributed by atoms with van der Waals surface area (Å²) < 4.78 is 11.6. The molecule has 88 valence electrons. The third kappa shape index (κ3) is 5.41. The molecule has 0 saturated heterocycles. The number of hydrogen-bond acceptors (Lipinski definition) is 5. The van der Waals surface area contributed by atoms with Crippen LogP contribution >= 0.6 is 8.53 Å². The maximum absolute atomic E-state index is 8.77. The van der Waals surface area contributed by atoms with Crippen molar-refractivity contribution in [3.05, 3.63) is 0 Å². The van der Waals surface area contributed by atoms with Crippen molar-refractivity contribution in [1.29, 1.82) is 5.26 Å². The molecule has 0 fully saturated rings. The van der Waals surface area contributed by atoms with Gasteiger partial charge in [0.25, 0.3) is 8.53 Å². The Labute approximate surface area is 92.5 Å². The van der Waals surface area contributed by atoms with Gasteiger partial charge in [-0.1, -0.05) is 0 Å². The van der Waals surface area contributed by atoms with Gasteiger partial charge in [-0.05, 0) is 27.7 Å². The van der Waals surface area contributed by atoms with E-state index in [-0.39, 0.29) is 18.7 Å². The summed E-state index contributed by atoms with van der Waals surface area (Å²) in [5, 5.41) is 17.1. The third-order valence-electron chi connectivity index (χ3n) is 1.73. The quantitative estimate of drug-likeness (QED) is 0.317. The van der Waals surface area contributed by atoms with Gasteiger partial charge in [0, 0.05) is 12.1 Å². The first-order chi connectivity index (χ1) is 7.04. The van der Waals surface area contributed by atoms with Crippen molar-refractivity contribution >= 4 is 8.53 Å². The van der Waals surface area contributed by atoms with Crippen LogP contribution in [-0.4, -0.2) is 28.6 Å². The van der Waals surface area contributed by atoms with E-state index in [4.69, 9.17) is 15.0 Å². The SMILES string of the molecule is CC(C)N(C(C)C)P(OO)OCCC#N. The number of nitrogens with zero attached hydrogens (tertiary/aromatic N) is 2. The van der Waals surface area contributed by atoms with Crippen LogP contribution in [0, 0.1) is 11.3 Å². The molecule has 5 nitrogen and oxygen atoms in total. The van der Waals surface area contributed by atoms with Crippen molar-refractivity contribution in [2.24, 2.45) is 0 Å². The Morgan fingerprint density at radius 1 is 1.33 bits per heavy atom. The Kier molecular flexibility index (Phi) is 7.85. The Morgan fingerprint density at radius 3 is 2.20 bits per heavy atom. The van der Waals surface area contributed by atoms with E-state index in [9.17, 15) is 0 Å². The Bertz CT molecular complexity index is 198. The molecule has 0 aromatic heterocycles. The van der Waals surface area contributed by atoms with Crippen LogP contribution in [0.15, 0.2) is 0 Å². The van der Waals surface area contributed by atoms with E-state index < -0.39 is 8.53 Å². The van der Waals surface area contributed by atoms with Gasteiger partial charge in [-0.2, -0.15) is 9.94 Å². The lowest BCUT2D eigenvalue weighted by molar-refractivity contribution is -0.148. The molecule has 0 aliphatic rings. The fourth-order valence-corrected chi connectivity index (χ4v) is 2.54. The molecule has 6 heteroatoms. The van der Waals surface area contributed by atoms with Gasteiger partial charge in [-0.3, -0.25) is 0 Å². The standard InChI is InChI=1S/C9H19N2O3P/c1-8(2)11(9(3)4)15(14-12)13-7-5-6-10/h8-9,12H,5,7H2,1-4H3. The average Bonchev–Trinajstić information content (AvgIpc) is 2.15. The monoisotopic (exact) mass is 234 g/mol.